The van der Waals surface area contributed by atoms with Crippen molar-refractivity contribution in [2.24, 2.45) is 10.9 Å². The number of nitrogens with one attached hydrogen (secondary N) is 3. The highest BCUT2D eigenvalue weighted by Crippen LogP contribution is 2.14. The molecular weight excluding hydrogens is 446 g/mol. The lowest BCUT2D eigenvalue weighted by Crippen LogP contribution is -2.41. The maximum Gasteiger partial charge on any atom is 0.234 e. The molecule has 0 saturated carbocycles. The topological polar surface area (TPSA) is 82.6 Å². The van der Waals surface area contributed by atoms with Crippen LogP contribution < -0.4 is 15.4 Å². The molecule has 0 bridgehead atoms. The lowest BCUT2D eigenvalue weighted by Gasteiger charge is -2.14. The van der Waals surface area contributed by atoms with Crippen LogP contribution in [0.15, 0.2) is 23.2 Å². The van der Waals surface area contributed by atoms with Gasteiger partial charge in [0.25, 0.3) is 0 Å². The van der Waals surface area contributed by atoms with Gasteiger partial charge in [0, 0.05) is 20.1 Å². The van der Waals surface area contributed by atoms with Crippen LogP contribution in [0.25, 0.3) is 0 Å². The Kier molecular flexibility index (Phi) is 10.2. The van der Waals surface area contributed by atoms with Crippen LogP contribution in [0.5, 0.6) is 0 Å². The summed E-state index contributed by atoms with van der Waals surface area (Å²) in [6, 6.07) is 4.24. The Balaban J connectivity index is 0.00000529. The number of rotatable bonds is 7. The summed E-state index contributed by atoms with van der Waals surface area (Å²) in [5.41, 5.74) is 0.685. The summed E-state index contributed by atoms with van der Waals surface area (Å²) in [5, 5.41) is 6.03. The highest BCUT2D eigenvalue weighted by Gasteiger charge is 2.11. The van der Waals surface area contributed by atoms with Crippen LogP contribution in [0.1, 0.15) is 19.4 Å². The summed E-state index contributed by atoms with van der Waals surface area (Å²) in [6.45, 7) is 6.69. The van der Waals surface area contributed by atoms with Gasteiger partial charge in [-0.15, -0.1) is 24.0 Å². The second-order valence-corrected chi connectivity index (χ2v) is 7.50. The molecule has 0 aliphatic rings. The van der Waals surface area contributed by atoms with E-state index in [0.717, 1.165) is 6.54 Å². The van der Waals surface area contributed by atoms with Gasteiger partial charge in [-0.1, -0.05) is 19.9 Å². The van der Waals surface area contributed by atoms with Crippen LogP contribution in [0.4, 0.5) is 10.1 Å². The molecule has 0 saturated heterocycles. The smallest absolute Gasteiger partial charge is 0.234 e. The van der Waals surface area contributed by atoms with E-state index in [2.05, 4.69) is 34.2 Å². The predicted octanol–water partition coefficient (Wildman–Crippen LogP) is 2.31. The number of aliphatic imine (C=N–C) groups is 1. The average molecular weight is 472 g/mol. The van der Waals surface area contributed by atoms with Crippen molar-refractivity contribution in [3.8, 4) is 0 Å². The van der Waals surface area contributed by atoms with Crippen molar-refractivity contribution in [1.82, 2.24) is 10.6 Å². The molecule has 1 aromatic carbocycles. The monoisotopic (exact) mass is 472 g/mol. The van der Waals surface area contributed by atoms with Crippen LogP contribution in [-0.2, 0) is 10.0 Å². The lowest BCUT2D eigenvalue weighted by molar-refractivity contribution is 0.597. The Morgan fingerprint density at radius 1 is 1.29 bits per heavy atom. The van der Waals surface area contributed by atoms with Gasteiger partial charge in [-0.25, -0.2) is 12.8 Å². The molecule has 0 heterocycles. The van der Waals surface area contributed by atoms with E-state index in [1.807, 2.05) is 0 Å². The molecule has 0 fully saturated rings. The normalized spacial score (nSPS) is 11.8. The van der Waals surface area contributed by atoms with E-state index in [1.165, 1.54) is 18.2 Å². The molecule has 1 rings (SSSR count). The number of guanidine groups is 1. The summed E-state index contributed by atoms with van der Waals surface area (Å²) in [6.07, 6.45) is 0. The molecule has 9 heteroatoms. The van der Waals surface area contributed by atoms with E-state index in [1.54, 1.807) is 14.0 Å². The van der Waals surface area contributed by atoms with Crippen LogP contribution in [0.2, 0.25) is 0 Å². The fourth-order valence-electron chi connectivity index (χ4n) is 1.71. The Bertz CT molecular complexity index is 651. The fourth-order valence-corrected chi connectivity index (χ4v) is 2.67. The van der Waals surface area contributed by atoms with Gasteiger partial charge in [-0.2, -0.15) is 0 Å². The molecular formula is C15H26FIN4O2S. The largest absolute Gasteiger partial charge is 0.356 e. The summed E-state index contributed by atoms with van der Waals surface area (Å²) < 4.78 is 39.8. The van der Waals surface area contributed by atoms with Crippen molar-refractivity contribution in [2.45, 2.75) is 20.8 Å². The van der Waals surface area contributed by atoms with Crippen LogP contribution >= 0.6 is 24.0 Å². The Morgan fingerprint density at radius 3 is 2.50 bits per heavy atom. The number of aryl methyl sites for hydroxylation is 1. The zero-order chi connectivity index (χ0) is 17.5. The molecule has 0 spiro atoms. The first-order valence-corrected chi connectivity index (χ1v) is 9.10. The molecule has 1 aromatic rings. The van der Waals surface area contributed by atoms with Gasteiger partial charge in [0.1, 0.15) is 5.82 Å². The highest BCUT2D eigenvalue weighted by molar-refractivity contribution is 14.0. The third-order valence-electron chi connectivity index (χ3n) is 3.01. The Labute approximate surface area is 160 Å². The SMILES string of the molecule is CN=C(NCCS(=O)(=O)Nc1ccc(C)c(F)c1)NCC(C)C.I. The van der Waals surface area contributed by atoms with E-state index in [-0.39, 0.29) is 42.0 Å². The van der Waals surface area contributed by atoms with Crippen molar-refractivity contribution in [1.29, 1.82) is 0 Å². The summed E-state index contributed by atoms with van der Waals surface area (Å²) >= 11 is 0. The van der Waals surface area contributed by atoms with E-state index in [9.17, 15) is 12.8 Å². The summed E-state index contributed by atoms with van der Waals surface area (Å²) in [5.74, 6) is 0.414. The third-order valence-corrected chi connectivity index (χ3v) is 4.30. The molecule has 138 valence electrons. The van der Waals surface area contributed by atoms with Crippen molar-refractivity contribution >= 4 is 45.6 Å². The highest BCUT2D eigenvalue weighted by atomic mass is 127. The number of sulfonamides is 1. The lowest BCUT2D eigenvalue weighted by atomic mass is 10.2. The second-order valence-electron chi connectivity index (χ2n) is 5.66. The Morgan fingerprint density at radius 2 is 1.96 bits per heavy atom. The van der Waals surface area contributed by atoms with Crippen molar-refractivity contribution < 1.29 is 12.8 Å². The van der Waals surface area contributed by atoms with Crippen LogP contribution in [0, 0.1) is 18.7 Å². The minimum absolute atomic E-state index is 0. The minimum Gasteiger partial charge on any atom is -0.356 e. The van der Waals surface area contributed by atoms with Crippen molar-refractivity contribution in [3.05, 3.63) is 29.6 Å². The summed E-state index contributed by atoms with van der Waals surface area (Å²) in [4.78, 5) is 4.01. The molecule has 6 nitrogen and oxygen atoms in total. The Hall–Kier alpha value is -1.10. The number of hydrogen-bond donors (Lipinski definition) is 3. The molecule has 0 unspecified atom stereocenters. The predicted molar refractivity (Wildman–Crippen MR) is 108 cm³/mol. The van der Waals surface area contributed by atoms with E-state index in [0.29, 0.717) is 17.4 Å². The molecule has 0 amide bonds. The van der Waals surface area contributed by atoms with Crippen LogP contribution in [0.3, 0.4) is 0 Å². The van der Waals surface area contributed by atoms with Gasteiger partial charge in [0.15, 0.2) is 5.96 Å². The number of halogens is 2. The maximum absolute atomic E-state index is 13.4. The maximum atomic E-state index is 13.4. The molecule has 0 radical (unpaired) electrons. The van der Waals surface area contributed by atoms with E-state index in [4.69, 9.17) is 0 Å². The molecule has 0 aliphatic carbocycles. The number of anilines is 1. The first-order chi connectivity index (χ1) is 10.7. The molecule has 3 N–H and O–H groups in total. The summed E-state index contributed by atoms with van der Waals surface area (Å²) in [7, 11) is -1.94. The number of hydrogen-bond acceptors (Lipinski definition) is 3. The first-order valence-electron chi connectivity index (χ1n) is 7.44. The van der Waals surface area contributed by atoms with Crippen LogP contribution in [-0.4, -0.2) is 40.3 Å². The zero-order valence-corrected chi connectivity index (χ0v) is 17.5. The first kappa shape index (κ1) is 22.9. The third kappa shape index (κ3) is 8.67. The zero-order valence-electron chi connectivity index (χ0n) is 14.4. The van der Waals surface area contributed by atoms with Gasteiger partial charge < -0.3 is 10.6 Å². The van der Waals surface area contributed by atoms with Crippen molar-refractivity contribution in [3.63, 3.8) is 0 Å². The average Bonchev–Trinajstić information content (AvgIpc) is 2.46. The molecule has 0 aliphatic heterocycles. The van der Waals surface area contributed by atoms with Gasteiger partial charge in [-0.3, -0.25) is 9.71 Å². The fraction of sp³-hybridized carbons (Fsp3) is 0.533. The van der Waals surface area contributed by atoms with Gasteiger partial charge in [-0.05, 0) is 30.5 Å². The van der Waals surface area contributed by atoms with E-state index >= 15 is 0 Å². The number of benzene rings is 1. The molecule has 24 heavy (non-hydrogen) atoms. The molecule has 0 aromatic heterocycles. The van der Waals surface area contributed by atoms with Gasteiger partial charge in [0.2, 0.25) is 10.0 Å². The molecule has 0 atom stereocenters. The van der Waals surface area contributed by atoms with E-state index < -0.39 is 15.8 Å². The number of nitrogens with zero attached hydrogens (tertiary/aromatic N) is 1. The quantitative estimate of drug-likeness (QED) is 0.323. The standard InChI is InChI=1S/C15H25FN4O2S.HI/c1-11(2)10-19-15(17-4)18-7-8-23(21,22)20-13-6-5-12(3)14(16)9-13;/h5-6,9,11,20H,7-8,10H2,1-4H3,(H2,17,18,19);1H. The second kappa shape index (κ2) is 10.7. The van der Waals surface area contributed by atoms with Gasteiger partial charge in [0.05, 0.1) is 11.4 Å². The van der Waals surface area contributed by atoms with Gasteiger partial charge >= 0.3 is 0 Å². The minimum atomic E-state index is -3.56. The van der Waals surface area contributed by atoms with Crippen molar-refractivity contribution in [2.75, 3.05) is 30.6 Å².